The Labute approximate surface area is 155 Å². The number of hydrogen-bond acceptors (Lipinski definition) is 3. The Kier molecular flexibility index (Phi) is 5.10. The zero-order chi connectivity index (χ0) is 19.8. The van der Waals surface area contributed by atoms with Crippen LogP contribution in [-0.2, 0) is 16.0 Å². The van der Waals surface area contributed by atoms with Crippen LogP contribution < -0.4 is 4.74 Å². The topological polar surface area (TPSA) is 66.8 Å². The van der Waals surface area contributed by atoms with Gasteiger partial charge in [-0.05, 0) is 49.3 Å². The van der Waals surface area contributed by atoms with Gasteiger partial charge in [0.25, 0.3) is 0 Å². The van der Waals surface area contributed by atoms with E-state index in [4.69, 9.17) is 0 Å². The molecule has 0 radical (unpaired) electrons. The lowest BCUT2D eigenvalue weighted by atomic mass is 9.85. The van der Waals surface area contributed by atoms with Crippen LogP contribution in [0.25, 0.3) is 0 Å². The normalized spacial score (nSPS) is 24.4. The molecule has 1 saturated carbocycles. The van der Waals surface area contributed by atoms with Gasteiger partial charge in [0.2, 0.25) is 5.91 Å². The lowest BCUT2D eigenvalue weighted by Crippen LogP contribution is -2.48. The first-order chi connectivity index (χ1) is 12.6. The zero-order valence-corrected chi connectivity index (χ0v) is 15.0. The van der Waals surface area contributed by atoms with E-state index in [0.29, 0.717) is 25.9 Å². The van der Waals surface area contributed by atoms with Gasteiger partial charge in [0.15, 0.2) is 0 Å². The van der Waals surface area contributed by atoms with Crippen molar-refractivity contribution >= 4 is 11.9 Å². The summed E-state index contributed by atoms with van der Waals surface area (Å²) in [6.07, 6.45) is -2.35. The average Bonchev–Trinajstić information content (AvgIpc) is 3.35. The Morgan fingerprint density at radius 2 is 1.89 bits per heavy atom. The number of halogens is 3. The maximum absolute atomic E-state index is 13.0. The Balaban J connectivity index is 1.62. The van der Waals surface area contributed by atoms with Crippen LogP contribution in [0.3, 0.4) is 0 Å². The fourth-order valence-electron chi connectivity index (χ4n) is 3.85. The van der Waals surface area contributed by atoms with Gasteiger partial charge >= 0.3 is 12.3 Å². The van der Waals surface area contributed by atoms with Gasteiger partial charge in [-0.2, -0.15) is 0 Å². The van der Waals surface area contributed by atoms with Crippen molar-refractivity contribution in [3.8, 4) is 5.75 Å². The molecule has 1 saturated heterocycles. The van der Waals surface area contributed by atoms with Crippen LogP contribution in [0.5, 0.6) is 5.75 Å². The number of likely N-dealkylation sites (tertiary alicyclic amines) is 1. The molecule has 0 spiro atoms. The van der Waals surface area contributed by atoms with Gasteiger partial charge in [-0.1, -0.05) is 19.1 Å². The van der Waals surface area contributed by atoms with Crippen molar-refractivity contribution in [2.75, 3.05) is 13.1 Å². The van der Waals surface area contributed by atoms with Gasteiger partial charge in [0.05, 0.1) is 11.3 Å². The summed E-state index contributed by atoms with van der Waals surface area (Å²) in [6.45, 7) is 2.70. The molecular formula is C19H22F3NO4. The van der Waals surface area contributed by atoms with Crippen molar-refractivity contribution < 1.29 is 32.6 Å². The molecule has 5 nitrogen and oxygen atoms in total. The number of rotatable bonds is 5. The summed E-state index contributed by atoms with van der Waals surface area (Å²) < 4.78 is 40.6. The number of carboxylic acid groups (broad SMARTS) is 1. The van der Waals surface area contributed by atoms with Crippen LogP contribution in [0.1, 0.15) is 31.7 Å². The largest absolute Gasteiger partial charge is 0.573 e. The van der Waals surface area contributed by atoms with E-state index in [9.17, 15) is 27.9 Å². The first kappa shape index (κ1) is 19.5. The summed E-state index contributed by atoms with van der Waals surface area (Å²) in [6, 6.07) is 5.61. The number of carbonyl (C=O) groups is 2. The lowest BCUT2D eigenvalue weighted by Gasteiger charge is -2.37. The predicted molar refractivity (Wildman–Crippen MR) is 90.0 cm³/mol. The quantitative estimate of drug-likeness (QED) is 0.843. The van der Waals surface area contributed by atoms with E-state index in [1.165, 1.54) is 12.1 Å². The van der Waals surface area contributed by atoms with Crippen molar-refractivity contribution in [1.29, 1.82) is 0 Å². The smallest absolute Gasteiger partial charge is 0.481 e. The minimum atomic E-state index is -4.73. The summed E-state index contributed by atoms with van der Waals surface area (Å²) in [5.74, 6) is -1.61. The van der Waals surface area contributed by atoms with Crippen LogP contribution in [0, 0.1) is 17.3 Å². The third kappa shape index (κ3) is 4.54. The minimum Gasteiger partial charge on any atom is -0.481 e. The van der Waals surface area contributed by atoms with Crippen LogP contribution in [0.2, 0.25) is 0 Å². The van der Waals surface area contributed by atoms with E-state index in [0.717, 1.165) is 18.4 Å². The van der Waals surface area contributed by atoms with Crippen LogP contribution in [-0.4, -0.2) is 41.3 Å². The molecule has 1 aromatic carbocycles. The zero-order valence-electron chi connectivity index (χ0n) is 15.0. The van der Waals surface area contributed by atoms with Gasteiger partial charge < -0.3 is 14.7 Å². The number of carbonyl (C=O) groups excluding carboxylic acids is 1. The van der Waals surface area contributed by atoms with Crippen molar-refractivity contribution in [3.63, 3.8) is 0 Å². The Bertz CT molecular complexity index is 713. The molecule has 1 aliphatic heterocycles. The number of carboxylic acids is 1. The monoisotopic (exact) mass is 385 g/mol. The highest BCUT2D eigenvalue weighted by molar-refractivity contribution is 5.86. The molecule has 2 unspecified atom stereocenters. The maximum atomic E-state index is 13.0. The number of aliphatic carboxylic acids is 1. The number of alkyl halides is 3. The van der Waals surface area contributed by atoms with E-state index in [1.807, 2.05) is 6.92 Å². The third-order valence-corrected chi connectivity index (χ3v) is 5.52. The summed E-state index contributed by atoms with van der Waals surface area (Å²) in [7, 11) is 0. The van der Waals surface area contributed by atoms with Crippen molar-refractivity contribution in [2.45, 2.75) is 39.0 Å². The van der Waals surface area contributed by atoms with E-state index in [2.05, 4.69) is 4.74 Å². The first-order valence-electron chi connectivity index (χ1n) is 8.96. The average molecular weight is 385 g/mol. The van der Waals surface area contributed by atoms with Gasteiger partial charge in [-0.25, -0.2) is 0 Å². The summed E-state index contributed by atoms with van der Waals surface area (Å²) in [5.41, 5.74) is 0.270. The predicted octanol–water partition coefficient (Wildman–Crippen LogP) is 3.48. The molecule has 1 heterocycles. The standard InChI is InChI=1S/C19H22F3NO4/c1-12-11-23(9-6-15(12)16(24)25)17(26)18(7-8-18)10-13-2-4-14(5-3-13)27-19(20,21)22/h2-5,12,15H,6-11H2,1H3,(H,24,25). The molecule has 8 heteroatoms. The summed E-state index contributed by atoms with van der Waals surface area (Å²) in [5, 5.41) is 9.21. The molecular weight excluding hydrogens is 363 g/mol. The van der Waals surface area contributed by atoms with Crippen LogP contribution in [0.4, 0.5) is 13.2 Å². The van der Waals surface area contributed by atoms with Gasteiger partial charge in [0, 0.05) is 13.1 Å². The molecule has 1 N–H and O–H groups in total. The molecule has 27 heavy (non-hydrogen) atoms. The van der Waals surface area contributed by atoms with Crippen molar-refractivity contribution in [1.82, 2.24) is 4.90 Å². The number of hydrogen-bond donors (Lipinski definition) is 1. The maximum Gasteiger partial charge on any atom is 0.573 e. The first-order valence-corrected chi connectivity index (χ1v) is 8.96. The number of piperidine rings is 1. The van der Waals surface area contributed by atoms with E-state index in [-0.39, 0.29) is 17.6 Å². The van der Waals surface area contributed by atoms with Crippen molar-refractivity contribution in [3.05, 3.63) is 29.8 Å². The highest BCUT2D eigenvalue weighted by Crippen LogP contribution is 2.50. The molecule has 1 aliphatic carbocycles. The van der Waals surface area contributed by atoms with Crippen LogP contribution in [0.15, 0.2) is 24.3 Å². The second-order valence-corrected chi connectivity index (χ2v) is 7.61. The third-order valence-electron chi connectivity index (χ3n) is 5.52. The van der Waals surface area contributed by atoms with Gasteiger partial charge in [0.1, 0.15) is 5.75 Å². The fourth-order valence-corrected chi connectivity index (χ4v) is 3.85. The number of amides is 1. The van der Waals surface area contributed by atoms with Gasteiger partial charge in [-0.15, -0.1) is 13.2 Å². The Morgan fingerprint density at radius 1 is 1.26 bits per heavy atom. The molecule has 0 aromatic heterocycles. The molecule has 3 rings (SSSR count). The molecule has 148 valence electrons. The Hall–Kier alpha value is -2.25. The highest BCUT2D eigenvalue weighted by Gasteiger charge is 2.52. The second-order valence-electron chi connectivity index (χ2n) is 7.61. The molecule has 1 amide bonds. The number of benzene rings is 1. The lowest BCUT2D eigenvalue weighted by molar-refractivity contribution is -0.274. The minimum absolute atomic E-state index is 0.0220. The summed E-state index contributed by atoms with van der Waals surface area (Å²) >= 11 is 0. The van der Waals surface area contributed by atoms with E-state index >= 15 is 0 Å². The molecule has 2 atom stereocenters. The molecule has 0 bridgehead atoms. The van der Waals surface area contributed by atoms with E-state index in [1.54, 1.807) is 17.0 Å². The summed E-state index contributed by atoms with van der Waals surface area (Å²) in [4.78, 5) is 25.9. The van der Waals surface area contributed by atoms with Gasteiger partial charge in [-0.3, -0.25) is 9.59 Å². The SMILES string of the molecule is CC1CN(C(=O)C2(Cc3ccc(OC(F)(F)F)cc3)CC2)CCC1C(=O)O. The number of nitrogens with zero attached hydrogens (tertiary/aromatic N) is 1. The number of ether oxygens (including phenoxy) is 1. The fraction of sp³-hybridized carbons (Fsp3) is 0.579. The molecule has 1 aromatic rings. The van der Waals surface area contributed by atoms with E-state index < -0.39 is 23.7 Å². The second kappa shape index (κ2) is 7.05. The molecule has 2 fully saturated rings. The highest BCUT2D eigenvalue weighted by atomic mass is 19.4. The van der Waals surface area contributed by atoms with Crippen molar-refractivity contribution in [2.24, 2.45) is 17.3 Å². The Morgan fingerprint density at radius 3 is 2.37 bits per heavy atom. The van der Waals surface area contributed by atoms with Crippen LogP contribution >= 0.6 is 0 Å². The molecule has 2 aliphatic rings.